The molecule has 0 unspecified atom stereocenters. The molecule has 0 atom stereocenters. The van der Waals surface area contributed by atoms with Crippen molar-refractivity contribution >= 4 is 75.2 Å². The number of hydrogen-bond acceptors (Lipinski definition) is 2. The molecule has 0 saturated carbocycles. The number of fused-ring (bicyclic) bond motifs is 5. The van der Waals surface area contributed by atoms with Crippen molar-refractivity contribution in [2.45, 2.75) is 6.92 Å². The molecule has 0 N–H and O–H groups in total. The number of thiophene rings is 2. The minimum absolute atomic E-state index is 1.25. The molecule has 0 amide bonds. The monoisotopic (exact) mass is 582 g/mol. The van der Waals surface area contributed by atoms with Crippen molar-refractivity contribution in [2.75, 3.05) is 0 Å². The molecule has 0 nitrogen and oxygen atoms in total. The molecule has 9 rings (SSSR count). The number of rotatable bonds is 3. The molecule has 0 aliphatic heterocycles. The van der Waals surface area contributed by atoms with Crippen LogP contribution in [0.5, 0.6) is 0 Å². The largest absolute Gasteiger partial charge is 0.140 e. The van der Waals surface area contributed by atoms with Gasteiger partial charge in [-0.1, -0.05) is 109 Å². The predicted molar refractivity (Wildman–Crippen MR) is 191 cm³/mol. The summed E-state index contributed by atoms with van der Waals surface area (Å²) in [4.78, 5) is 2.70. The molecule has 43 heavy (non-hydrogen) atoms. The molecule has 0 spiro atoms. The molecule has 0 aliphatic carbocycles. The van der Waals surface area contributed by atoms with Gasteiger partial charge in [-0.2, -0.15) is 0 Å². The predicted octanol–water partition coefficient (Wildman–Crippen LogP) is 12.9. The van der Waals surface area contributed by atoms with Gasteiger partial charge >= 0.3 is 0 Å². The Morgan fingerprint density at radius 3 is 1.51 bits per heavy atom. The zero-order chi connectivity index (χ0) is 28.5. The Morgan fingerprint density at radius 2 is 0.884 bits per heavy atom. The van der Waals surface area contributed by atoms with E-state index in [4.69, 9.17) is 0 Å². The lowest BCUT2D eigenvalue weighted by molar-refractivity contribution is 1.66. The lowest BCUT2D eigenvalue weighted by atomic mass is 9.84. The van der Waals surface area contributed by atoms with Gasteiger partial charge in [-0.05, 0) is 108 Å². The fourth-order valence-electron chi connectivity index (χ4n) is 6.74. The molecule has 9 aromatic rings. The van der Waals surface area contributed by atoms with Crippen LogP contribution in [-0.4, -0.2) is 0 Å². The van der Waals surface area contributed by atoms with E-state index < -0.39 is 0 Å². The highest BCUT2D eigenvalue weighted by atomic mass is 32.1. The second kappa shape index (κ2) is 9.64. The van der Waals surface area contributed by atoms with E-state index in [1.807, 2.05) is 22.7 Å². The van der Waals surface area contributed by atoms with Gasteiger partial charge in [0.2, 0.25) is 0 Å². The Bertz CT molecular complexity index is 2490. The van der Waals surface area contributed by atoms with Crippen molar-refractivity contribution in [3.63, 3.8) is 0 Å². The minimum atomic E-state index is 1.25. The molecule has 0 radical (unpaired) electrons. The lowest BCUT2D eigenvalue weighted by Crippen LogP contribution is -1.92. The van der Waals surface area contributed by atoms with E-state index in [1.165, 1.54) is 90.1 Å². The first-order valence-corrected chi connectivity index (χ1v) is 16.3. The summed E-state index contributed by atoms with van der Waals surface area (Å²) in [6.07, 6.45) is 0. The molecule has 0 saturated heterocycles. The molecule has 7 aromatic carbocycles. The summed E-state index contributed by atoms with van der Waals surface area (Å²) in [5.74, 6) is 0. The number of hydrogen-bond donors (Lipinski definition) is 0. The summed E-state index contributed by atoms with van der Waals surface area (Å²) in [6, 6.07) is 52.0. The van der Waals surface area contributed by atoms with Gasteiger partial charge in [0, 0.05) is 19.2 Å². The summed E-state index contributed by atoms with van der Waals surface area (Å²) in [7, 11) is 0. The van der Waals surface area contributed by atoms with E-state index in [2.05, 4.69) is 146 Å². The molecule has 2 heteroatoms. The molecule has 0 fully saturated rings. The Hall–Kier alpha value is -4.76. The van der Waals surface area contributed by atoms with Crippen molar-refractivity contribution < 1.29 is 0 Å². The SMILES string of the molecule is Cc1cc2sc(-c3ccc4c(-c5ccc6ccccc6c5)c5ccccc5c(-c5ccc6ccccc6c5)c4c3)cc2s1. The van der Waals surface area contributed by atoms with E-state index in [9.17, 15) is 0 Å². The molecule has 2 aromatic heterocycles. The summed E-state index contributed by atoms with van der Waals surface area (Å²) in [6.45, 7) is 2.20. The topological polar surface area (TPSA) is 0 Å². The molecule has 0 aliphatic rings. The summed E-state index contributed by atoms with van der Waals surface area (Å²) in [5.41, 5.74) is 6.39. The van der Waals surface area contributed by atoms with Gasteiger partial charge in [0.15, 0.2) is 0 Å². The van der Waals surface area contributed by atoms with Crippen molar-refractivity contribution in [1.29, 1.82) is 0 Å². The van der Waals surface area contributed by atoms with Crippen LogP contribution in [0.3, 0.4) is 0 Å². The van der Waals surface area contributed by atoms with Crippen LogP contribution >= 0.6 is 22.7 Å². The van der Waals surface area contributed by atoms with Gasteiger partial charge in [0.1, 0.15) is 0 Å². The summed E-state index contributed by atoms with van der Waals surface area (Å²) in [5, 5.41) is 10.2. The molecule has 0 bridgehead atoms. The second-order valence-electron chi connectivity index (χ2n) is 11.4. The van der Waals surface area contributed by atoms with Crippen molar-refractivity contribution in [1.82, 2.24) is 0 Å². The summed E-state index contributed by atoms with van der Waals surface area (Å²) >= 11 is 3.78. The van der Waals surface area contributed by atoms with Crippen molar-refractivity contribution in [3.8, 4) is 32.7 Å². The average molecular weight is 583 g/mol. The van der Waals surface area contributed by atoms with Crippen LogP contribution in [0.25, 0.3) is 85.2 Å². The van der Waals surface area contributed by atoms with Gasteiger partial charge in [-0.3, -0.25) is 0 Å². The van der Waals surface area contributed by atoms with Crippen LogP contribution < -0.4 is 0 Å². The zero-order valence-electron chi connectivity index (χ0n) is 23.6. The van der Waals surface area contributed by atoms with Crippen LogP contribution in [0, 0.1) is 6.92 Å². The smallest absolute Gasteiger partial charge is 0.0459 e. The third-order valence-electron chi connectivity index (χ3n) is 8.72. The first kappa shape index (κ1) is 24.8. The third kappa shape index (κ3) is 4.02. The normalized spacial score (nSPS) is 11.8. The fourth-order valence-corrected chi connectivity index (χ4v) is 9.05. The standard InChI is InChI=1S/C41H26S2/c1-25-20-38-39(42-25)24-37(43-38)30-18-19-35-36(23-30)41(32-17-15-27-9-3-5-11-29(27)22-32)34-13-7-6-12-33(34)40(35)31-16-14-26-8-2-4-10-28(26)21-31/h2-24H,1H3. The first-order chi connectivity index (χ1) is 21.2. The Labute approximate surface area is 258 Å². The van der Waals surface area contributed by atoms with Gasteiger partial charge in [0.05, 0.1) is 0 Å². The molecular formula is C41H26S2. The van der Waals surface area contributed by atoms with E-state index in [0.717, 1.165) is 0 Å². The molecule has 202 valence electrons. The second-order valence-corrected chi connectivity index (χ2v) is 13.7. The quantitative estimate of drug-likeness (QED) is 0.182. The highest BCUT2D eigenvalue weighted by Gasteiger charge is 2.18. The van der Waals surface area contributed by atoms with Crippen LogP contribution in [-0.2, 0) is 0 Å². The first-order valence-electron chi connectivity index (χ1n) is 14.7. The maximum Gasteiger partial charge on any atom is 0.0459 e. The van der Waals surface area contributed by atoms with Gasteiger partial charge in [0.25, 0.3) is 0 Å². The maximum absolute atomic E-state index is 2.44. The van der Waals surface area contributed by atoms with Crippen molar-refractivity contribution in [2.24, 2.45) is 0 Å². The van der Waals surface area contributed by atoms with Crippen LogP contribution in [0.4, 0.5) is 0 Å². The average Bonchev–Trinajstić information content (AvgIpc) is 3.60. The van der Waals surface area contributed by atoms with E-state index in [1.54, 1.807) is 0 Å². The third-order valence-corrected chi connectivity index (χ3v) is 11.0. The Kier molecular flexibility index (Phi) is 5.56. The van der Waals surface area contributed by atoms with Crippen LogP contribution in [0.1, 0.15) is 4.88 Å². The molecular weight excluding hydrogens is 557 g/mol. The Balaban J connectivity index is 1.39. The maximum atomic E-state index is 2.44. The van der Waals surface area contributed by atoms with Gasteiger partial charge in [-0.15, -0.1) is 22.7 Å². The van der Waals surface area contributed by atoms with Gasteiger partial charge in [-0.25, -0.2) is 0 Å². The zero-order valence-corrected chi connectivity index (χ0v) is 25.2. The van der Waals surface area contributed by atoms with E-state index in [-0.39, 0.29) is 0 Å². The van der Waals surface area contributed by atoms with Gasteiger partial charge < -0.3 is 0 Å². The minimum Gasteiger partial charge on any atom is -0.140 e. The van der Waals surface area contributed by atoms with E-state index in [0.29, 0.717) is 0 Å². The van der Waals surface area contributed by atoms with E-state index >= 15 is 0 Å². The fraction of sp³-hybridized carbons (Fsp3) is 0.0244. The van der Waals surface area contributed by atoms with Crippen LogP contribution in [0.2, 0.25) is 0 Å². The Morgan fingerprint density at radius 1 is 0.372 bits per heavy atom. The summed E-state index contributed by atoms with van der Waals surface area (Å²) < 4.78 is 2.76. The highest BCUT2D eigenvalue weighted by Crippen LogP contribution is 2.47. The number of aryl methyl sites for hydroxylation is 1. The van der Waals surface area contributed by atoms with Crippen LogP contribution in [0.15, 0.2) is 140 Å². The number of benzene rings is 7. The highest BCUT2D eigenvalue weighted by molar-refractivity contribution is 7.29. The van der Waals surface area contributed by atoms with Crippen molar-refractivity contribution in [3.05, 3.63) is 144 Å². The lowest BCUT2D eigenvalue weighted by Gasteiger charge is -2.19. The molecule has 2 heterocycles.